The number of aromatic nitrogens is 2. The van der Waals surface area contributed by atoms with Crippen molar-refractivity contribution in [1.29, 1.82) is 0 Å². The predicted octanol–water partition coefficient (Wildman–Crippen LogP) is 2.76. The molecule has 0 atom stereocenters. The molecule has 4 nitrogen and oxygen atoms in total. The van der Waals surface area contributed by atoms with Gasteiger partial charge in [0.05, 0.1) is 0 Å². The van der Waals surface area contributed by atoms with Crippen molar-refractivity contribution in [3.63, 3.8) is 0 Å². The highest BCUT2D eigenvalue weighted by Gasteiger charge is 2.30. The van der Waals surface area contributed by atoms with Crippen molar-refractivity contribution in [2.45, 2.75) is 19.6 Å². The summed E-state index contributed by atoms with van der Waals surface area (Å²) in [4.78, 5) is 13.7. The van der Waals surface area contributed by atoms with E-state index in [0.29, 0.717) is 6.08 Å². The standard InChI is InChI=1S/C11H11F3N2O2S/c1-3-4-16-9(18)7(8(17)15-10(16)19)5-6(2)11(12,13)14/h3,5,18H,1,4H2,2H3,(H,15,17,19). The number of aromatic hydroxyl groups is 1. The van der Waals surface area contributed by atoms with Crippen molar-refractivity contribution in [3.05, 3.63) is 38.9 Å². The maximum absolute atomic E-state index is 12.4. The monoisotopic (exact) mass is 292 g/mol. The van der Waals surface area contributed by atoms with E-state index in [1.54, 1.807) is 0 Å². The molecule has 0 radical (unpaired) electrons. The van der Waals surface area contributed by atoms with Crippen molar-refractivity contribution < 1.29 is 18.3 Å². The van der Waals surface area contributed by atoms with Gasteiger partial charge in [-0.1, -0.05) is 6.08 Å². The lowest BCUT2D eigenvalue weighted by molar-refractivity contribution is -0.0903. The Morgan fingerprint density at radius 1 is 1.58 bits per heavy atom. The van der Waals surface area contributed by atoms with Gasteiger partial charge in [-0.3, -0.25) is 14.3 Å². The number of rotatable bonds is 3. The Balaban J connectivity index is 3.54. The summed E-state index contributed by atoms with van der Waals surface area (Å²) >= 11 is 4.80. The van der Waals surface area contributed by atoms with E-state index in [-0.39, 0.29) is 11.3 Å². The van der Waals surface area contributed by atoms with Crippen LogP contribution in [0.4, 0.5) is 13.2 Å². The third-order valence-corrected chi connectivity index (χ3v) is 2.65. The number of nitrogens with one attached hydrogen (secondary N) is 1. The van der Waals surface area contributed by atoms with E-state index in [1.807, 2.05) is 0 Å². The zero-order valence-corrected chi connectivity index (χ0v) is 10.7. The SMILES string of the molecule is C=CCn1c(O)c(C=C(C)C(F)(F)F)c(=O)[nH]c1=S. The second-order valence-electron chi connectivity index (χ2n) is 3.72. The van der Waals surface area contributed by atoms with Gasteiger partial charge in [-0.2, -0.15) is 13.2 Å². The summed E-state index contributed by atoms with van der Waals surface area (Å²) in [5.74, 6) is -0.628. The average molecular weight is 292 g/mol. The quantitative estimate of drug-likeness (QED) is 0.665. The van der Waals surface area contributed by atoms with Crippen LogP contribution in [0.3, 0.4) is 0 Å². The second-order valence-corrected chi connectivity index (χ2v) is 4.11. The van der Waals surface area contributed by atoms with Gasteiger partial charge in [0, 0.05) is 12.1 Å². The molecule has 0 amide bonds. The number of hydrogen-bond donors (Lipinski definition) is 2. The van der Waals surface area contributed by atoms with Crippen molar-refractivity contribution in [2.24, 2.45) is 0 Å². The summed E-state index contributed by atoms with van der Waals surface area (Å²) in [6, 6.07) is 0. The van der Waals surface area contributed by atoms with Gasteiger partial charge in [-0.25, -0.2) is 0 Å². The Labute approximate surface area is 111 Å². The maximum Gasteiger partial charge on any atom is 0.412 e. The van der Waals surface area contributed by atoms with Crippen LogP contribution in [-0.2, 0) is 6.54 Å². The number of allylic oxidation sites excluding steroid dienone is 2. The molecule has 1 aromatic heterocycles. The normalized spacial score (nSPS) is 12.5. The predicted molar refractivity (Wildman–Crippen MR) is 67.5 cm³/mol. The van der Waals surface area contributed by atoms with Crippen LogP contribution in [-0.4, -0.2) is 20.8 Å². The van der Waals surface area contributed by atoms with E-state index in [9.17, 15) is 23.1 Å². The van der Waals surface area contributed by atoms with Gasteiger partial charge in [0.1, 0.15) is 5.56 Å². The largest absolute Gasteiger partial charge is 0.494 e. The summed E-state index contributed by atoms with van der Waals surface area (Å²) in [6.07, 6.45) is -2.62. The molecule has 8 heteroatoms. The van der Waals surface area contributed by atoms with E-state index in [1.165, 1.54) is 6.08 Å². The number of halogens is 3. The first-order valence-corrected chi connectivity index (χ1v) is 5.51. The van der Waals surface area contributed by atoms with Crippen LogP contribution in [0.2, 0.25) is 0 Å². The number of alkyl halides is 3. The minimum atomic E-state index is -4.57. The van der Waals surface area contributed by atoms with Gasteiger partial charge in [0.25, 0.3) is 5.56 Å². The maximum atomic E-state index is 12.4. The Morgan fingerprint density at radius 3 is 2.63 bits per heavy atom. The lowest BCUT2D eigenvalue weighted by atomic mass is 10.2. The molecule has 0 aliphatic rings. The number of nitrogens with zero attached hydrogens (tertiary/aromatic N) is 1. The third-order valence-electron chi connectivity index (χ3n) is 2.33. The average Bonchev–Trinajstić information content (AvgIpc) is 2.28. The first-order chi connectivity index (χ1) is 8.68. The van der Waals surface area contributed by atoms with Gasteiger partial charge < -0.3 is 5.11 Å². The summed E-state index contributed by atoms with van der Waals surface area (Å²) in [6.45, 7) is 4.29. The Morgan fingerprint density at radius 2 is 2.16 bits per heavy atom. The lowest BCUT2D eigenvalue weighted by Gasteiger charge is -2.10. The minimum Gasteiger partial charge on any atom is -0.494 e. The fourth-order valence-electron chi connectivity index (χ4n) is 1.30. The van der Waals surface area contributed by atoms with Crippen LogP contribution < -0.4 is 5.56 Å². The van der Waals surface area contributed by atoms with Crippen LogP contribution in [0.15, 0.2) is 23.0 Å². The van der Waals surface area contributed by atoms with Gasteiger partial charge in [0.2, 0.25) is 5.88 Å². The molecule has 104 valence electrons. The fourth-order valence-corrected chi connectivity index (χ4v) is 1.56. The lowest BCUT2D eigenvalue weighted by Crippen LogP contribution is -2.18. The van der Waals surface area contributed by atoms with Crippen LogP contribution in [0.5, 0.6) is 5.88 Å². The molecule has 19 heavy (non-hydrogen) atoms. The summed E-state index contributed by atoms with van der Waals surface area (Å²) in [5, 5.41) is 9.81. The van der Waals surface area contributed by atoms with Gasteiger partial charge in [-0.15, -0.1) is 6.58 Å². The topological polar surface area (TPSA) is 58.0 Å². The highest BCUT2D eigenvalue weighted by Crippen LogP contribution is 2.27. The molecule has 0 aliphatic carbocycles. The Bertz CT molecular complexity index is 641. The minimum absolute atomic E-state index is 0.0628. The molecule has 1 heterocycles. The molecular formula is C11H11F3N2O2S. The number of H-pyrrole nitrogens is 1. The van der Waals surface area contributed by atoms with Crippen molar-refractivity contribution >= 4 is 18.3 Å². The third kappa shape index (κ3) is 3.34. The molecule has 0 aliphatic heterocycles. The van der Waals surface area contributed by atoms with E-state index in [4.69, 9.17) is 12.2 Å². The zero-order valence-electron chi connectivity index (χ0n) is 9.91. The second kappa shape index (κ2) is 5.43. The Hall–Kier alpha value is -1.83. The van der Waals surface area contributed by atoms with Crippen LogP contribution in [0, 0.1) is 4.77 Å². The molecular weight excluding hydrogens is 281 g/mol. The van der Waals surface area contributed by atoms with Crippen molar-refractivity contribution in [2.75, 3.05) is 0 Å². The molecule has 0 saturated carbocycles. The smallest absolute Gasteiger partial charge is 0.412 e. The molecule has 0 spiro atoms. The van der Waals surface area contributed by atoms with E-state index >= 15 is 0 Å². The van der Waals surface area contributed by atoms with Gasteiger partial charge in [0.15, 0.2) is 4.77 Å². The molecule has 1 rings (SSSR count). The van der Waals surface area contributed by atoms with E-state index in [2.05, 4.69) is 11.6 Å². The summed E-state index contributed by atoms with van der Waals surface area (Å²) in [5.41, 5.74) is -2.38. The Kier molecular flexibility index (Phi) is 4.35. The molecule has 1 aromatic rings. The summed E-state index contributed by atoms with van der Waals surface area (Å²) < 4.78 is 38.2. The molecule has 2 N–H and O–H groups in total. The van der Waals surface area contributed by atoms with E-state index < -0.39 is 28.8 Å². The van der Waals surface area contributed by atoms with Gasteiger partial charge >= 0.3 is 6.18 Å². The van der Waals surface area contributed by atoms with Crippen molar-refractivity contribution in [3.8, 4) is 5.88 Å². The first kappa shape index (κ1) is 15.2. The van der Waals surface area contributed by atoms with Crippen LogP contribution >= 0.6 is 12.2 Å². The molecule has 0 fully saturated rings. The zero-order chi connectivity index (χ0) is 14.8. The van der Waals surface area contributed by atoms with Crippen LogP contribution in [0.25, 0.3) is 6.08 Å². The van der Waals surface area contributed by atoms with Gasteiger partial charge in [-0.05, 0) is 25.2 Å². The van der Waals surface area contributed by atoms with Crippen molar-refractivity contribution in [1.82, 2.24) is 9.55 Å². The fraction of sp³-hybridized carbons (Fsp3) is 0.273. The number of hydrogen-bond acceptors (Lipinski definition) is 3. The first-order valence-electron chi connectivity index (χ1n) is 5.11. The van der Waals surface area contributed by atoms with Crippen LogP contribution in [0.1, 0.15) is 12.5 Å². The molecule has 0 saturated heterocycles. The number of aromatic amines is 1. The molecule has 0 bridgehead atoms. The van der Waals surface area contributed by atoms with E-state index in [0.717, 1.165) is 11.5 Å². The highest BCUT2D eigenvalue weighted by atomic mass is 32.1. The highest BCUT2D eigenvalue weighted by molar-refractivity contribution is 7.71. The molecule has 0 aromatic carbocycles. The summed E-state index contributed by atoms with van der Waals surface area (Å²) in [7, 11) is 0. The molecule has 0 unspecified atom stereocenters.